The summed E-state index contributed by atoms with van der Waals surface area (Å²) in [5.74, 6) is 0.829. The van der Waals surface area contributed by atoms with Crippen molar-refractivity contribution in [3.8, 4) is 0 Å². The molecule has 0 saturated carbocycles. The summed E-state index contributed by atoms with van der Waals surface area (Å²) in [5, 5.41) is 0. The van der Waals surface area contributed by atoms with Crippen LogP contribution in [0.2, 0.25) is 0 Å². The van der Waals surface area contributed by atoms with Gasteiger partial charge in [0.15, 0.2) is 0 Å². The van der Waals surface area contributed by atoms with Gasteiger partial charge >= 0.3 is 0 Å². The fraction of sp³-hybridized carbons (Fsp3) is 0.750. The Hall–Kier alpha value is 0.0500. The van der Waals surface area contributed by atoms with E-state index < -0.39 is 0 Å². The standard InChI is InChI=1S/C4H8N2.2ClH/c5-4-2-1-3-6-4;;/h1-3H2,(H2,5,6);2*1H. The molecule has 0 spiro atoms. The largest absolute Gasteiger partial charge is 0.387 e. The number of hydrogen-bond donors (Lipinski definition) is 1. The molecule has 2 nitrogen and oxygen atoms in total. The second kappa shape index (κ2) is 5.19. The van der Waals surface area contributed by atoms with Gasteiger partial charge in [-0.15, -0.1) is 24.8 Å². The van der Waals surface area contributed by atoms with Crippen molar-refractivity contribution in [2.45, 2.75) is 12.8 Å². The monoisotopic (exact) mass is 156 g/mol. The molecule has 1 aliphatic heterocycles. The topological polar surface area (TPSA) is 38.4 Å². The molecule has 0 aromatic heterocycles. The minimum atomic E-state index is 0. The summed E-state index contributed by atoms with van der Waals surface area (Å²) in [6.07, 6.45) is 2.17. The summed E-state index contributed by atoms with van der Waals surface area (Å²) in [4.78, 5) is 3.93. The molecule has 1 rings (SSSR count). The van der Waals surface area contributed by atoms with Crippen molar-refractivity contribution in [1.82, 2.24) is 0 Å². The van der Waals surface area contributed by atoms with Crippen molar-refractivity contribution < 1.29 is 0 Å². The van der Waals surface area contributed by atoms with E-state index in [1.165, 1.54) is 0 Å². The third-order valence-corrected chi connectivity index (χ3v) is 0.906. The summed E-state index contributed by atoms with van der Waals surface area (Å²) in [7, 11) is 0. The van der Waals surface area contributed by atoms with Crippen molar-refractivity contribution in [1.29, 1.82) is 0 Å². The molecule has 0 radical (unpaired) electrons. The highest BCUT2D eigenvalue weighted by atomic mass is 35.5. The van der Waals surface area contributed by atoms with Gasteiger partial charge in [-0.2, -0.15) is 0 Å². The van der Waals surface area contributed by atoms with Crippen molar-refractivity contribution in [3.63, 3.8) is 0 Å². The molecule has 1 aliphatic rings. The number of nitrogens with zero attached hydrogens (tertiary/aromatic N) is 1. The molecule has 0 bridgehead atoms. The Morgan fingerprint density at radius 3 is 2.12 bits per heavy atom. The zero-order valence-corrected chi connectivity index (χ0v) is 6.10. The second-order valence-electron chi connectivity index (χ2n) is 1.48. The first-order valence-electron chi connectivity index (χ1n) is 2.18. The predicted octanol–water partition coefficient (Wildman–Crippen LogP) is 0.981. The minimum absolute atomic E-state index is 0. The van der Waals surface area contributed by atoms with Crippen LogP contribution >= 0.6 is 24.8 Å². The molecule has 50 valence electrons. The zero-order chi connectivity index (χ0) is 4.41. The molecule has 0 fully saturated rings. The van der Waals surface area contributed by atoms with Gasteiger partial charge in [0.2, 0.25) is 0 Å². The van der Waals surface area contributed by atoms with E-state index >= 15 is 0 Å². The highest BCUT2D eigenvalue weighted by Crippen LogP contribution is 1.97. The molecule has 1 heterocycles. The third kappa shape index (κ3) is 3.10. The lowest BCUT2D eigenvalue weighted by Gasteiger charge is -1.78. The van der Waals surface area contributed by atoms with E-state index in [-0.39, 0.29) is 24.8 Å². The molecule has 0 aliphatic carbocycles. The van der Waals surface area contributed by atoms with E-state index in [1.54, 1.807) is 0 Å². The average molecular weight is 157 g/mol. The van der Waals surface area contributed by atoms with Crippen LogP contribution in [0, 0.1) is 0 Å². The first-order chi connectivity index (χ1) is 2.89. The van der Waals surface area contributed by atoms with Gasteiger partial charge in [0.25, 0.3) is 0 Å². The maximum atomic E-state index is 5.28. The van der Waals surface area contributed by atoms with Crippen molar-refractivity contribution in [2.24, 2.45) is 10.7 Å². The lowest BCUT2D eigenvalue weighted by Crippen LogP contribution is -2.05. The molecule has 0 amide bonds. The van der Waals surface area contributed by atoms with Gasteiger partial charge in [0.1, 0.15) is 0 Å². The molecule has 8 heavy (non-hydrogen) atoms. The van der Waals surface area contributed by atoms with Crippen LogP contribution < -0.4 is 5.73 Å². The number of amidine groups is 1. The van der Waals surface area contributed by atoms with Crippen LogP contribution in [0.5, 0.6) is 0 Å². The molecule has 0 atom stereocenters. The maximum Gasteiger partial charge on any atom is 0.0937 e. The van der Waals surface area contributed by atoms with E-state index in [1.807, 2.05) is 0 Å². The van der Waals surface area contributed by atoms with Crippen LogP contribution in [0.1, 0.15) is 12.8 Å². The van der Waals surface area contributed by atoms with Gasteiger partial charge in [-0.3, -0.25) is 4.99 Å². The fourth-order valence-corrected chi connectivity index (χ4v) is 0.562. The van der Waals surface area contributed by atoms with E-state index in [2.05, 4.69) is 4.99 Å². The SMILES string of the molecule is Cl.Cl.NC1=NCCC1. The molecule has 0 saturated heterocycles. The van der Waals surface area contributed by atoms with Gasteiger partial charge in [-0.05, 0) is 6.42 Å². The van der Waals surface area contributed by atoms with Crippen LogP contribution in [0.15, 0.2) is 4.99 Å². The Bertz CT molecular complexity index is 82.1. The van der Waals surface area contributed by atoms with Crippen LogP contribution in [0.4, 0.5) is 0 Å². The van der Waals surface area contributed by atoms with Gasteiger partial charge in [0, 0.05) is 13.0 Å². The lowest BCUT2D eigenvalue weighted by molar-refractivity contribution is 0.950. The fourth-order valence-electron chi connectivity index (χ4n) is 0.562. The average Bonchev–Trinajstić information content (AvgIpc) is 1.86. The van der Waals surface area contributed by atoms with Gasteiger partial charge in [-0.25, -0.2) is 0 Å². The first kappa shape index (κ1) is 10.9. The quantitative estimate of drug-likeness (QED) is 0.559. The number of hydrogen-bond acceptors (Lipinski definition) is 2. The minimum Gasteiger partial charge on any atom is -0.387 e. The number of nitrogens with two attached hydrogens (primary N) is 1. The van der Waals surface area contributed by atoms with E-state index in [0.29, 0.717) is 0 Å². The van der Waals surface area contributed by atoms with E-state index in [0.717, 1.165) is 25.2 Å². The number of halogens is 2. The second-order valence-corrected chi connectivity index (χ2v) is 1.48. The smallest absolute Gasteiger partial charge is 0.0937 e. The predicted molar refractivity (Wildman–Crippen MR) is 40.2 cm³/mol. The van der Waals surface area contributed by atoms with Gasteiger partial charge in [0.05, 0.1) is 5.84 Å². The Morgan fingerprint density at radius 2 is 2.00 bits per heavy atom. The highest BCUT2D eigenvalue weighted by molar-refractivity contribution is 5.85. The summed E-state index contributed by atoms with van der Waals surface area (Å²) in [6.45, 7) is 0.950. The van der Waals surface area contributed by atoms with Crippen LogP contribution in [0.3, 0.4) is 0 Å². The number of rotatable bonds is 0. The maximum absolute atomic E-state index is 5.28. The molecule has 0 aromatic carbocycles. The van der Waals surface area contributed by atoms with Crippen molar-refractivity contribution in [3.05, 3.63) is 0 Å². The Balaban J connectivity index is 0. The molecule has 0 unspecified atom stereocenters. The Kier molecular flexibility index (Phi) is 7.09. The first-order valence-corrected chi connectivity index (χ1v) is 2.18. The molecular formula is C4H10Cl2N2. The highest BCUT2D eigenvalue weighted by Gasteiger charge is 1.97. The van der Waals surface area contributed by atoms with E-state index in [9.17, 15) is 0 Å². The zero-order valence-electron chi connectivity index (χ0n) is 4.46. The summed E-state index contributed by atoms with van der Waals surface area (Å²) in [5.41, 5.74) is 5.28. The summed E-state index contributed by atoms with van der Waals surface area (Å²) >= 11 is 0. The Morgan fingerprint density at radius 1 is 1.38 bits per heavy atom. The van der Waals surface area contributed by atoms with Gasteiger partial charge in [-0.1, -0.05) is 0 Å². The summed E-state index contributed by atoms with van der Waals surface area (Å²) < 4.78 is 0. The van der Waals surface area contributed by atoms with E-state index in [4.69, 9.17) is 5.73 Å². The van der Waals surface area contributed by atoms with Crippen LogP contribution in [0.25, 0.3) is 0 Å². The summed E-state index contributed by atoms with van der Waals surface area (Å²) in [6, 6.07) is 0. The molecule has 4 heteroatoms. The van der Waals surface area contributed by atoms with Crippen LogP contribution in [-0.4, -0.2) is 12.4 Å². The molecule has 2 N–H and O–H groups in total. The third-order valence-electron chi connectivity index (χ3n) is 0.906. The van der Waals surface area contributed by atoms with Gasteiger partial charge < -0.3 is 5.73 Å². The number of aliphatic imine (C=N–C) groups is 1. The van der Waals surface area contributed by atoms with Crippen molar-refractivity contribution in [2.75, 3.05) is 6.54 Å². The van der Waals surface area contributed by atoms with Crippen molar-refractivity contribution >= 4 is 30.6 Å². The molecule has 0 aromatic rings. The molecular weight excluding hydrogens is 147 g/mol. The Labute approximate surface area is 61.4 Å². The normalized spacial score (nSPS) is 15.8. The van der Waals surface area contributed by atoms with Crippen LogP contribution in [-0.2, 0) is 0 Å². The lowest BCUT2D eigenvalue weighted by atomic mass is 10.3.